The van der Waals surface area contributed by atoms with Crippen LogP contribution in [0, 0.1) is 6.92 Å². The highest BCUT2D eigenvalue weighted by atomic mass is 15.2. The van der Waals surface area contributed by atoms with E-state index >= 15 is 0 Å². The minimum atomic E-state index is 0.326. The number of hydrazone groups is 1. The van der Waals surface area contributed by atoms with Crippen LogP contribution in [0.2, 0.25) is 0 Å². The molecule has 0 fully saturated rings. The highest BCUT2D eigenvalue weighted by Crippen LogP contribution is 2.30. The quantitative estimate of drug-likeness (QED) is 0.250. The third kappa shape index (κ3) is 2.23. The number of nitrogens with one attached hydrogen (secondary N) is 1. The smallest absolute Gasteiger partial charge is 0.187 e. The molecule has 0 aliphatic rings. The van der Waals surface area contributed by atoms with Gasteiger partial charge >= 0.3 is 0 Å². The summed E-state index contributed by atoms with van der Waals surface area (Å²) in [4.78, 5) is 8.99. The van der Waals surface area contributed by atoms with Gasteiger partial charge in [-0.25, -0.2) is 4.98 Å². The highest BCUT2D eigenvalue weighted by Gasteiger charge is 2.18. The molecule has 0 radical (unpaired) electrons. The van der Waals surface area contributed by atoms with Gasteiger partial charge in [0.25, 0.3) is 0 Å². The molecule has 4 rings (SSSR count). The van der Waals surface area contributed by atoms with Crippen LogP contribution in [0.5, 0.6) is 0 Å². The normalized spacial score (nSPS) is 12.1. The van der Waals surface area contributed by atoms with Crippen molar-refractivity contribution in [1.82, 2.24) is 20.2 Å². The molecule has 0 atom stereocenters. The van der Waals surface area contributed by atoms with Gasteiger partial charge in [-0.05, 0) is 13.0 Å². The Bertz CT molecular complexity index is 1130. The molecule has 0 bridgehead atoms. The maximum absolute atomic E-state index is 6.11. The first-order valence-corrected chi connectivity index (χ1v) is 7.64. The van der Waals surface area contributed by atoms with E-state index in [4.69, 9.17) is 22.3 Å². The number of nitrogen functional groups attached to an aromatic ring is 2. The summed E-state index contributed by atoms with van der Waals surface area (Å²) in [6.45, 7) is 1.89. The molecular formula is C17H16N8. The fourth-order valence-electron chi connectivity index (χ4n) is 2.96. The van der Waals surface area contributed by atoms with Crippen LogP contribution in [0.15, 0.2) is 41.5 Å². The summed E-state index contributed by atoms with van der Waals surface area (Å²) in [7, 11) is 0. The van der Waals surface area contributed by atoms with Gasteiger partial charge in [-0.2, -0.15) is 10.2 Å². The number of aromatic amines is 1. The highest BCUT2D eigenvalue weighted by molar-refractivity contribution is 6.17. The molecule has 25 heavy (non-hydrogen) atoms. The largest absolute Gasteiger partial charge is 0.383 e. The molecular weight excluding hydrogens is 316 g/mol. The zero-order chi connectivity index (χ0) is 17.6. The lowest BCUT2D eigenvalue weighted by Crippen LogP contribution is -2.10. The minimum absolute atomic E-state index is 0.326. The molecule has 124 valence electrons. The van der Waals surface area contributed by atoms with Crippen molar-refractivity contribution < 1.29 is 0 Å². The molecule has 0 aliphatic carbocycles. The summed E-state index contributed by atoms with van der Waals surface area (Å²) in [6.07, 6.45) is 0. The van der Waals surface area contributed by atoms with E-state index in [0.29, 0.717) is 39.3 Å². The van der Waals surface area contributed by atoms with Gasteiger partial charge in [0.1, 0.15) is 11.6 Å². The molecule has 0 saturated heterocycles. The van der Waals surface area contributed by atoms with Gasteiger partial charge in [0.15, 0.2) is 5.65 Å². The van der Waals surface area contributed by atoms with E-state index in [-0.39, 0.29) is 0 Å². The van der Waals surface area contributed by atoms with Crippen LogP contribution in [-0.4, -0.2) is 25.9 Å². The number of pyridine rings is 2. The van der Waals surface area contributed by atoms with E-state index in [1.54, 1.807) is 0 Å². The maximum atomic E-state index is 6.11. The SMILES string of the molecule is Cc1nc2c(cc1/C(=N\N)c1ccccc1)c(N)nc1n[nH]c(N)c12. The number of nitrogens with two attached hydrogens (primary N) is 3. The number of aromatic nitrogens is 4. The summed E-state index contributed by atoms with van der Waals surface area (Å²) >= 11 is 0. The van der Waals surface area contributed by atoms with Crippen LogP contribution in [0.1, 0.15) is 16.8 Å². The van der Waals surface area contributed by atoms with Gasteiger partial charge in [-0.1, -0.05) is 30.3 Å². The minimum Gasteiger partial charge on any atom is -0.383 e. The summed E-state index contributed by atoms with van der Waals surface area (Å²) in [5.41, 5.74) is 16.3. The molecule has 8 nitrogen and oxygen atoms in total. The van der Waals surface area contributed by atoms with Crippen LogP contribution in [0.25, 0.3) is 21.9 Å². The van der Waals surface area contributed by atoms with Crippen LogP contribution in [0.4, 0.5) is 11.6 Å². The van der Waals surface area contributed by atoms with E-state index in [0.717, 1.165) is 16.8 Å². The third-order valence-corrected chi connectivity index (χ3v) is 4.16. The second-order valence-corrected chi connectivity index (χ2v) is 5.69. The lowest BCUT2D eigenvalue weighted by molar-refractivity contribution is 1.11. The van der Waals surface area contributed by atoms with Gasteiger partial charge in [0, 0.05) is 22.2 Å². The third-order valence-electron chi connectivity index (χ3n) is 4.16. The van der Waals surface area contributed by atoms with Crippen LogP contribution < -0.4 is 17.3 Å². The average Bonchev–Trinajstić information content (AvgIpc) is 2.98. The van der Waals surface area contributed by atoms with Crippen molar-refractivity contribution in [2.75, 3.05) is 11.5 Å². The van der Waals surface area contributed by atoms with Gasteiger partial charge in [-0.3, -0.25) is 10.1 Å². The predicted octanol–water partition coefficient (Wildman–Crippen LogP) is 1.69. The Morgan fingerprint density at radius 1 is 1.12 bits per heavy atom. The fourth-order valence-corrected chi connectivity index (χ4v) is 2.96. The summed E-state index contributed by atoms with van der Waals surface area (Å²) in [5, 5.41) is 12.1. The molecule has 0 unspecified atom stereocenters. The van der Waals surface area contributed by atoms with Crippen molar-refractivity contribution in [1.29, 1.82) is 0 Å². The first kappa shape index (κ1) is 14.9. The van der Waals surface area contributed by atoms with Crippen molar-refractivity contribution in [3.8, 4) is 0 Å². The number of anilines is 2. The molecule has 8 heteroatoms. The first-order chi connectivity index (χ1) is 12.1. The Morgan fingerprint density at radius 2 is 1.88 bits per heavy atom. The Labute approximate surface area is 142 Å². The average molecular weight is 332 g/mol. The number of H-pyrrole nitrogens is 1. The molecule has 3 heterocycles. The van der Waals surface area contributed by atoms with Crippen LogP contribution in [-0.2, 0) is 0 Å². The summed E-state index contributed by atoms with van der Waals surface area (Å²) in [5.74, 6) is 6.40. The number of benzene rings is 1. The van der Waals surface area contributed by atoms with Crippen molar-refractivity contribution in [2.45, 2.75) is 6.92 Å². The Balaban J connectivity index is 2.04. The number of aryl methyl sites for hydroxylation is 1. The monoisotopic (exact) mass is 332 g/mol. The Hall–Kier alpha value is -3.68. The number of nitrogens with zero attached hydrogens (tertiary/aromatic N) is 4. The molecule has 0 amide bonds. The van der Waals surface area contributed by atoms with Gasteiger partial charge < -0.3 is 17.3 Å². The van der Waals surface area contributed by atoms with Crippen molar-refractivity contribution in [2.24, 2.45) is 10.9 Å². The topological polar surface area (TPSA) is 145 Å². The van der Waals surface area contributed by atoms with Crippen molar-refractivity contribution in [3.05, 3.63) is 53.2 Å². The van der Waals surface area contributed by atoms with Crippen LogP contribution >= 0.6 is 0 Å². The summed E-state index contributed by atoms with van der Waals surface area (Å²) < 4.78 is 0. The van der Waals surface area contributed by atoms with Crippen LogP contribution in [0.3, 0.4) is 0 Å². The first-order valence-electron chi connectivity index (χ1n) is 7.64. The van der Waals surface area contributed by atoms with E-state index in [1.165, 1.54) is 0 Å². The molecule has 4 aromatic rings. The second-order valence-electron chi connectivity index (χ2n) is 5.69. The Kier molecular flexibility index (Phi) is 3.24. The molecule has 3 aromatic heterocycles. The van der Waals surface area contributed by atoms with E-state index < -0.39 is 0 Å². The van der Waals surface area contributed by atoms with E-state index in [1.807, 2.05) is 43.3 Å². The number of hydrogen-bond acceptors (Lipinski definition) is 7. The number of rotatable bonds is 2. The fraction of sp³-hybridized carbons (Fsp3) is 0.0588. The van der Waals surface area contributed by atoms with Crippen molar-refractivity contribution in [3.63, 3.8) is 0 Å². The van der Waals surface area contributed by atoms with Crippen molar-refractivity contribution >= 4 is 39.3 Å². The number of fused-ring (bicyclic) bond motifs is 3. The van der Waals surface area contributed by atoms with E-state index in [9.17, 15) is 0 Å². The van der Waals surface area contributed by atoms with Gasteiger partial charge in [0.2, 0.25) is 0 Å². The Morgan fingerprint density at radius 3 is 2.60 bits per heavy atom. The van der Waals surface area contributed by atoms with Gasteiger partial charge in [-0.15, -0.1) is 0 Å². The molecule has 0 spiro atoms. The molecule has 7 N–H and O–H groups in total. The second kappa shape index (κ2) is 5.45. The van der Waals surface area contributed by atoms with E-state index in [2.05, 4.69) is 20.3 Å². The summed E-state index contributed by atoms with van der Waals surface area (Å²) in [6, 6.07) is 11.6. The predicted molar refractivity (Wildman–Crippen MR) is 99.0 cm³/mol. The molecule has 0 aliphatic heterocycles. The lowest BCUT2D eigenvalue weighted by Gasteiger charge is -2.11. The zero-order valence-electron chi connectivity index (χ0n) is 13.5. The molecule has 1 aromatic carbocycles. The zero-order valence-corrected chi connectivity index (χ0v) is 13.5. The molecule has 0 saturated carbocycles. The van der Waals surface area contributed by atoms with Gasteiger partial charge in [0.05, 0.1) is 16.6 Å². The maximum Gasteiger partial charge on any atom is 0.187 e. The standard InChI is InChI=1S/C17H16N8/c1-8-10(13(23-20)9-5-3-2-4-6-9)7-11-14(21-8)12-16(19)24-25-17(12)22-15(11)18/h2-7H,20H2,1H3,(H5,18,19,22,24,25)/b23-13-. The lowest BCUT2D eigenvalue weighted by atomic mass is 9.99. The number of hydrogen-bond donors (Lipinski definition) is 4.